The van der Waals surface area contributed by atoms with Crippen LogP contribution in [0.1, 0.15) is 43.8 Å². The van der Waals surface area contributed by atoms with Crippen molar-refractivity contribution in [3.63, 3.8) is 0 Å². The molecule has 2 fully saturated rings. The highest BCUT2D eigenvalue weighted by atomic mass is 16.5. The average Bonchev–Trinajstić information content (AvgIpc) is 2.87. The smallest absolute Gasteiger partial charge is 0.229 e. The van der Waals surface area contributed by atoms with Crippen molar-refractivity contribution in [1.82, 2.24) is 15.0 Å². The molecule has 0 spiro atoms. The summed E-state index contributed by atoms with van der Waals surface area (Å²) in [6.45, 7) is 5.05. The van der Waals surface area contributed by atoms with Crippen molar-refractivity contribution in [2.24, 2.45) is 11.7 Å². The first-order valence-electron chi connectivity index (χ1n) is 6.53. The maximum atomic E-state index is 5.93. The molecule has 2 heterocycles. The van der Waals surface area contributed by atoms with Gasteiger partial charge in [-0.3, -0.25) is 4.90 Å². The van der Waals surface area contributed by atoms with Gasteiger partial charge in [-0.2, -0.15) is 4.98 Å². The van der Waals surface area contributed by atoms with Gasteiger partial charge in [0.05, 0.1) is 6.54 Å². The van der Waals surface area contributed by atoms with Crippen LogP contribution in [-0.4, -0.2) is 34.2 Å². The lowest BCUT2D eigenvalue weighted by atomic mass is 10.0. The first kappa shape index (κ1) is 11.2. The Morgan fingerprint density at radius 1 is 1.47 bits per heavy atom. The summed E-state index contributed by atoms with van der Waals surface area (Å²) < 4.78 is 5.26. The summed E-state index contributed by atoms with van der Waals surface area (Å²) in [5.41, 5.74) is 5.93. The molecule has 2 aliphatic rings. The van der Waals surface area contributed by atoms with Crippen molar-refractivity contribution >= 4 is 0 Å². The van der Waals surface area contributed by atoms with E-state index in [1.165, 1.54) is 19.3 Å². The Hall–Kier alpha value is -0.940. The average molecular weight is 236 g/mol. The molecule has 1 aromatic heterocycles. The minimum atomic E-state index is 0.285. The van der Waals surface area contributed by atoms with Gasteiger partial charge in [-0.05, 0) is 38.6 Å². The summed E-state index contributed by atoms with van der Waals surface area (Å²) in [4.78, 5) is 6.83. The minimum absolute atomic E-state index is 0.285. The Bertz CT molecular complexity index is 386. The van der Waals surface area contributed by atoms with Crippen molar-refractivity contribution in [2.75, 3.05) is 13.1 Å². The second-order valence-electron chi connectivity index (χ2n) is 5.47. The largest absolute Gasteiger partial charge is 0.339 e. The highest BCUT2D eigenvalue weighted by molar-refractivity contribution is 5.01. The molecular weight excluding hydrogens is 216 g/mol. The van der Waals surface area contributed by atoms with E-state index < -0.39 is 0 Å². The molecule has 1 aliphatic carbocycles. The molecular formula is C12H20N4O. The molecule has 17 heavy (non-hydrogen) atoms. The monoisotopic (exact) mass is 236 g/mol. The topological polar surface area (TPSA) is 68.2 Å². The second kappa shape index (κ2) is 4.38. The van der Waals surface area contributed by atoms with Crippen LogP contribution >= 0.6 is 0 Å². The molecule has 1 saturated carbocycles. The normalized spacial score (nSPS) is 27.5. The lowest BCUT2D eigenvalue weighted by Crippen LogP contribution is -2.29. The molecule has 0 aromatic carbocycles. The maximum Gasteiger partial charge on any atom is 0.229 e. The number of rotatable bonds is 4. The molecule has 5 nitrogen and oxygen atoms in total. The van der Waals surface area contributed by atoms with Gasteiger partial charge in [0.1, 0.15) is 0 Å². The Balaban J connectivity index is 1.56. The number of nitrogens with zero attached hydrogens (tertiary/aromatic N) is 3. The van der Waals surface area contributed by atoms with E-state index in [-0.39, 0.29) is 6.04 Å². The number of hydrogen-bond donors (Lipinski definition) is 1. The van der Waals surface area contributed by atoms with E-state index in [1.54, 1.807) is 0 Å². The third kappa shape index (κ3) is 2.50. The third-order valence-corrected chi connectivity index (χ3v) is 3.83. The van der Waals surface area contributed by atoms with E-state index in [1.807, 2.05) is 0 Å². The predicted octanol–water partition coefficient (Wildman–Crippen LogP) is 1.12. The number of hydrogen-bond acceptors (Lipinski definition) is 5. The Kier molecular flexibility index (Phi) is 2.88. The first-order chi connectivity index (χ1) is 8.22. The Morgan fingerprint density at radius 3 is 2.94 bits per heavy atom. The highest BCUT2D eigenvalue weighted by Crippen LogP contribution is 2.38. The summed E-state index contributed by atoms with van der Waals surface area (Å²) in [5.74, 6) is 2.83. The molecule has 0 radical (unpaired) electrons. The molecule has 0 amide bonds. The van der Waals surface area contributed by atoms with Gasteiger partial charge in [0, 0.05) is 18.5 Å². The van der Waals surface area contributed by atoms with Crippen molar-refractivity contribution in [3.05, 3.63) is 11.7 Å². The van der Waals surface area contributed by atoms with Crippen LogP contribution in [0.2, 0.25) is 0 Å². The molecule has 3 rings (SSSR count). The van der Waals surface area contributed by atoms with Crippen molar-refractivity contribution in [3.8, 4) is 0 Å². The van der Waals surface area contributed by atoms with Gasteiger partial charge in [-0.25, -0.2) is 0 Å². The summed E-state index contributed by atoms with van der Waals surface area (Å²) in [6, 6.07) is 0.285. The van der Waals surface area contributed by atoms with E-state index in [2.05, 4.69) is 22.0 Å². The van der Waals surface area contributed by atoms with Crippen LogP contribution in [0.5, 0.6) is 0 Å². The van der Waals surface area contributed by atoms with Crippen LogP contribution in [0, 0.1) is 5.92 Å². The van der Waals surface area contributed by atoms with Crippen molar-refractivity contribution < 1.29 is 4.52 Å². The van der Waals surface area contributed by atoms with Gasteiger partial charge in [-0.15, -0.1) is 0 Å². The second-order valence-corrected chi connectivity index (χ2v) is 5.47. The van der Waals surface area contributed by atoms with Gasteiger partial charge in [0.2, 0.25) is 5.89 Å². The fourth-order valence-corrected chi connectivity index (χ4v) is 2.46. The zero-order valence-electron chi connectivity index (χ0n) is 10.3. The third-order valence-electron chi connectivity index (χ3n) is 3.83. The molecule has 2 unspecified atom stereocenters. The number of likely N-dealkylation sites (tertiary alicyclic amines) is 1. The summed E-state index contributed by atoms with van der Waals surface area (Å²) >= 11 is 0. The van der Waals surface area contributed by atoms with Crippen LogP contribution in [-0.2, 0) is 6.54 Å². The predicted molar refractivity (Wildman–Crippen MR) is 63.3 cm³/mol. The quantitative estimate of drug-likeness (QED) is 0.848. The zero-order chi connectivity index (χ0) is 11.8. The van der Waals surface area contributed by atoms with Crippen molar-refractivity contribution in [2.45, 2.75) is 44.7 Å². The fraction of sp³-hybridized carbons (Fsp3) is 0.833. The van der Waals surface area contributed by atoms with E-state index in [0.717, 1.165) is 31.3 Å². The molecule has 1 aromatic rings. The summed E-state index contributed by atoms with van der Waals surface area (Å²) in [6.07, 6.45) is 3.60. The van der Waals surface area contributed by atoms with Crippen LogP contribution in [0.15, 0.2) is 4.52 Å². The van der Waals surface area contributed by atoms with E-state index >= 15 is 0 Å². The summed E-state index contributed by atoms with van der Waals surface area (Å²) in [7, 11) is 0. The SMILES string of the molecule is CC(N)C1CCN(Cc2noc(C3CC3)n2)C1. The lowest BCUT2D eigenvalue weighted by molar-refractivity contribution is 0.292. The molecule has 2 N–H and O–H groups in total. The highest BCUT2D eigenvalue weighted by Gasteiger charge is 2.30. The summed E-state index contributed by atoms with van der Waals surface area (Å²) in [5, 5.41) is 4.05. The van der Waals surface area contributed by atoms with Crippen LogP contribution in [0.3, 0.4) is 0 Å². The maximum absolute atomic E-state index is 5.93. The molecule has 0 bridgehead atoms. The number of aromatic nitrogens is 2. The standard InChI is InChI=1S/C12H20N4O/c1-8(13)10-4-5-16(6-10)7-11-14-12(17-15-11)9-2-3-9/h8-10H,2-7,13H2,1H3. The van der Waals surface area contributed by atoms with E-state index in [0.29, 0.717) is 11.8 Å². The van der Waals surface area contributed by atoms with Gasteiger partial charge >= 0.3 is 0 Å². The van der Waals surface area contributed by atoms with E-state index in [4.69, 9.17) is 10.3 Å². The van der Waals surface area contributed by atoms with Gasteiger partial charge < -0.3 is 10.3 Å². The van der Waals surface area contributed by atoms with Gasteiger partial charge in [0.25, 0.3) is 0 Å². The minimum Gasteiger partial charge on any atom is -0.339 e. The van der Waals surface area contributed by atoms with Gasteiger partial charge in [-0.1, -0.05) is 5.16 Å². The Labute approximate surface area is 101 Å². The number of nitrogens with two attached hydrogens (primary N) is 1. The molecule has 1 saturated heterocycles. The van der Waals surface area contributed by atoms with Crippen LogP contribution < -0.4 is 5.73 Å². The van der Waals surface area contributed by atoms with Crippen LogP contribution in [0.25, 0.3) is 0 Å². The first-order valence-corrected chi connectivity index (χ1v) is 6.53. The van der Waals surface area contributed by atoms with Gasteiger partial charge in [0.15, 0.2) is 5.82 Å². The van der Waals surface area contributed by atoms with Crippen molar-refractivity contribution in [1.29, 1.82) is 0 Å². The van der Waals surface area contributed by atoms with Crippen LogP contribution in [0.4, 0.5) is 0 Å². The fourth-order valence-electron chi connectivity index (χ4n) is 2.46. The molecule has 5 heteroatoms. The molecule has 1 aliphatic heterocycles. The van der Waals surface area contributed by atoms with E-state index in [9.17, 15) is 0 Å². The Morgan fingerprint density at radius 2 is 2.29 bits per heavy atom. The molecule has 94 valence electrons. The molecule has 2 atom stereocenters. The zero-order valence-corrected chi connectivity index (χ0v) is 10.3. The lowest BCUT2D eigenvalue weighted by Gasteiger charge is -2.15.